The highest BCUT2D eigenvalue weighted by Gasteiger charge is 2.44. The van der Waals surface area contributed by atoms with Crippen LogP contribution >= 0.6 is 66.6 Å². The molecule has 2 aliphatic rings. The Bertz CT molecular complexity index is 4710. The highest BCUT2D eigenvalue weighted by molar-refractivity contribution is 8.76. The van der Waals surface area contributed by atoms with Gasteiger partial charge in [-0.25, -0.2) is 18.5 Å². The predicted molar refractivity (Wildman–Crippen MR) is 390 cm³/mol. The van der Waals surface area contributed by atoms with E-state index in [0.29, 0.717) is 30.6 Å². The van der Waals surface area contributed by atoms with E-state index in [9.17, 15) is 78.2 Å². The molecule has 1 fully saturated rings. The van der Waals surface area contributed by atoms with E-state index in [2.05, 4.69) is 36.1 Å². The van der Waals surface area contributed by atoms with E-state index in [1.807, 2.05) is 6.26 Å². The van der Waals surface area contributed by atoms with Crippen LogP contribution in [0.15, 0.2) is 98.4 Å². The Hall–Kier alpha value is -5.99. The van der Waals surface area contributed by atoms with E-state index in [-0.39, 0.29) is 127 Å². The van der Waals surface area contributed by atoms with Gasteiger partial charge in [0.1, 0.15) is 63.3 Å². The Morgan fingerprint density at radius 3 is 2.28 bits per heavy atom. The van der Waals surface area contributed by atoms with Crippen molar-refractivity contribution in [3.05, 3.63) is 144 Å². The van der Waals surface area contributed by atoms with Crippen molar-refractivity contribution < 1.29 is 120 Å². The number of Topliss-reactive ketones (excluding diaryl/α,β-unsaturated/α-hetero) is 1. The number of rotatable bonds is 40. The average molecular weight is 1640 g/mol. The van der Waals surface area contributed by atoms with Crippen molar-refractivity contribution in [3.8, 4) is 29.1 Å². The molecule has 2 aliphatic heterocycles. The maximum atomic E-state index is 14.4. The summed E-state index contributed by atoms with van der Waals surface area (Å²) in [6.45, 7) is 4.09. The van der Waals surface area contributed by atoms with Gasteiger partial charge in [0.05, 0.1) is 32.5 Å². The predicted octanol–water partition coefficient (Wildman–Crippen LogP) is 6.45. The standard InChI is InChI=1S/C63H78N5O28P3S6/c1-7-15-40-24-26-48-55(49-27-25-41(16-8-2)59(105(85,86)87)57(49)94-56(48)58(40)104(82,83)84)46-22-9-10-23-47(46)62(73)67(4)30-14-20-44(69)19-13-29-65-60(71)42-17-11-21-45(33-42)90-38-54(103-101-6)89-32-31-88-37-52(70)64-28-12-18-43-35-68(63(74)66-61(43)72)53-34-50(92-39(3)102-100-5)51(93-53)36-91-98(78,79)96-99(80,81)95-97(75,76)77/h9-11,15,17,21-27,33,35,39,50-51,53-54H,7-8,13-14,16,19-20,28-32,34,36-38H2,1-6H3,(H,64,70)(H,65,71)(H,78,79)(H,80,81)(H,66,72,74)(H2,75,76,77)(H,82,83,84)(H,85,86,87)/b40-15+/t39-,50+,51+,53+,54?/m0/s1. The lowest BCUT2D eigenvalue weighted by Crippen LogP contribution is -2.34. The first-order valence-electron chi connectivity index (χ1n) is 31.9. The zero-order chi connectivity index (χ0) is 77.0. The van der Waals surface area contributed by atoms with Crippen LogP contribution in [0.5, 0.6) is 17.2 Å². The van der Waals surface area contributed by atoms with Crippen LogP contribution in [0.1, 0.15) is 115 Å². The fourth-order valence-corrected chi connectivity index (χ4v) is 18.4. The van der Waals surface area contributed by atoms with Gasteiger partial charge in [0.25, 0.3) is 37.6 Å². The lowest BCUT2D eigenvalue weighted by molar-refractivity contribution is -0.126. The van der Waals surface area contributed by atoms with Gasteiger partial charge in [0.15, 0.2) is 11.5 Å². The van der Waals surface area contributed by atoms with Gasteiger partial charge in [0, 0.05) is 73.1 Å². The number of aromatic nitrogens is 2. The number of nitrogens with one attached hydrogen (secondary N) is 3. The largest absolute Gasteiger partial charge is 0.490 e. The molecule has 1 saturated heterocycles. The maximum absolute atomic E-state index is 14.4. The SMILES string of the molecule is CC/C=c1\ccc2c(c1S(=O)(=O)O)Oc1c(ccc(CCC)c1S(=O)(=O)O)C=2c1ccccc1C(=O)N(C)CCCC(=O)CCCNC(=O)c1cccc(OCC(OCCOCC(=O)NCC#Cc2cn([C@H]3C[C@@H](O[C@H](C)SSC)[C@@H](COP(=O)(O)OP(=O)(O)OP(=O)(O)O)O3)c(=O)[nH]c2=O)SSC)c1. The summed E-state index contributed by atoms with van der Waals surface area (Å²) in [5.41, 5.74) is -1.89. The van der Waals surface area contributed by atoms with Gasteiger partial charge in [-0.05, 0) is 91.8 Å². The molecule has 574 valence electrons. The number of carbonyl (C=O) groups is 4. The van der Waals surface area contributed by atoms with Gasteiger partial charge in [-0.1, -0.05) is 124 Å². The number of hydrogen-bond donors (Lipinski definition) is 9. The first-order chi connectivity index (χ1) is 49.6. The molecule has 105 heavy (non-hydrogen) atoms. The fourth-order valence-electron chi connectivity index (χ4n) is 10.8. The minimum absolute atomic E-state index is 0.00631. The van der Waals surface area contributed by atoms with Crippen molar-refractivity contribution in [2.24, 2.45) is 0 Å². The number of aryl methyl sites for hydroxylation is 1. The number of phosphoric ester groups is 1. The van der Waals surface area contributed by atoms with E-state index >= 15 is 0 Å². The van der Waals surface area contributed by atoms with E-state index in [0.717, 1.165) is 10.8 Å². The van der Waals surface area contributed by atoms with Crippen molar-refractivity contribution in [3.63, 3.8) is 0 Å². The third-order valence-corrected chi connectivity index (χ3v) is 24.7. The van der Waals surface area contributed by atoms with Crippen LogP contribution in [0.2, 0.25) is 0 Å². The van der Waals surface area contributed by atoms with Gasteiger partial charge in [0.2, 0.25) is 5.91 Å². The van der Waals surface area contributed by atoms with E-state index in [1.54, 1.807) is 101 Å². The summed E-state index contributed by atoms with van der Waals surface area (Å²) in [4.78, 5) is 119. The molecule has 3 unspecified atom stereocenters. The maximum Gasteiger partial charge on any atom is 0.490 e. The third-order valence-electron chi connectivity index (χ3n) is 15.1. The molecule has 3 amide bonds. The van der Waals surface area contributed by atoms with E-state index in [1.165, 1.54) is 60.2 Å². The molecule has 33 nitrogen and oxygen atoms in total. The van der Waals surface area contributed by atoms with Crippen LogP contribution in [-0.2, 0) is 82.0 Å². The zero-order valence-corrected chi connectivity index (χ0v) is 64.7. The molecule has 0 aliphatic carbocycles. The number of nitrogens with zero attached hydrogens (tertiary/aromatic N) is 2. The summed E-state index contributed by atoms with van der Waals surface area (Å²) in [7, 11) is -20.2. The van der Waals surface area contributed by atoms with Crippen LogP contribution < -0.4 is 41.8 Å². The highest BCUT2D eigenvalue weighted by Crippen LogP contribution is 2.66. The first kappa shape index (κ1) is 86.2. The van der Waals surface area contributed by atoms with Crippen LogP contribution in [-0.4, -0.2) is 179 Å². The number of hydrogen-bond acceptors (Lipinski definition) is 26. The Balaban J connectivity index is 0.837. The molecular weight excluding hydrogens is 1560 g/mol. The smallest absolute Gasteiger partial charge is 0.490 e. The number of ether oxygens (including phenoxy) is 6. The molecule has 0 bridgehead atoms. The molecule has 7 rings (SSSR count). The normalized spacial score (nSPS) is 17.0. The van der Waals surface area contributed by atoms with Crippen molar-refractivity contribution in [1.82, 2.24) is 25.1 Å². The number of aromatic amines is 1. The second kappa shape index (κ2) is 39.4. The highest BCUT2D eigenvalue weighted by atomic mass is 33.1. The van der Waals surface area contributed by atoms with Gasteiger partial charge in [-0.3, -0.25) is 47.2 Å². The number of carbonyl (C=O) groups excluding carboxylic acids is 4. The number of benzene rings is 4. The topological polar surface area (TPSA) is 474 Å². The fraction of sp³-hybridized carbons (Fsp3) is 0.429. The molecule has 1 aromatic heterocycles. The second-order valence-corrected chi connectivity index (χ2v) is 35.4. The Kier molecular flexibility index (Phi) is 32.4. The Morgan fingerprint density at radius 1 is 0.857 bits per heavy atom. The molecule has 0 saturated carbocycles. The molecule has 0 spiro atoms. The first-order valence-corrected chi connectivity index (χ1v) is 44.5. The number of ketones is 1. The van der Waals surface area contributed by atoms with Gasteiger partial charge in [-0.15, -0.1) is 0 Å². The minimum Gasteiger partial charge on any atom is -0.490 e. The molecular formula is C63H78N5O28P3S6. The summed E-state index contributed by atoms with van der Waals surface area (Å²) in [6.07, 6.45) is 4.48. The molecule has 0 radical (unpaired) electrons. The minimum atomic E-state index is -5.83. The van der Waals surface area contributed by atoms with Crippen LogP contribution in [0.25, 0.3) is 11.6 Å². The average Bonchev–Trinajstić information content (AvgIpc) is 1.61. The summed E-state index contributed by atoms with van der Waals surface area (Å²) >= 11 is 0. The molecule has 3 heterocycles. The summed E-state index contributed by atoms with van der Waals surface area (Å²) in [6, 6.07) is 19.0. The monoisotopic (exact) mass is 1640 g/mol. The zero-order valence-electron chi connectivity index (χ0n) is 57.1. The number of amides is 3. The number of H-pyrrole nitrogens is 1. The summed E-state index contributed by atoms with van der Waals surface area (Å²) in [5.74, 6) is 3.18. The van der Waals surface area contributed by atoms with Crippen molar-refractivity contribution in [2.75, 3.05) is 72.2 Å². The third kappa shape index (κ3) is 25.6. The van der Waals surface area contributed by atoms with Crippen molar-refractivity contribution in [1.29, 1.82) is 0 Å². The Labute approximate surface area is 619 Å². The molecule has 5 aromatic rings. The lowest BCUT2D eigenvalue weighted by Gasteiger charge is -2.27. The van der Waals surface area contributed by atoms with Crippen molar-refractivity contribution in [2.45, 2.75) is 111 Å². The number of fused-ring (bicyclic) bond motifs is 2. The van der Waals surface area contributed by atoms with Gasteiger partial charge in [-0.2, -0.15) is 25.5 Å². The van der Waals surface area contributed by atoms with E-state index < -0.39 is 131 Å². The summed E-state index contributed by atoms with van der Waals surface area (Å²) in [5, 5.41) is 5.53. The summed E-state index contributed by atoms with van der Waals surface area (Å²) < 4.78 is 158. The van der Waals surface area contributed by atoms with Crippen LogP contribution in [0.4, 0.5) is 0 Å². The molecule has 42 heteroatoms. The van der Waals surface area contributed by atoms with Crippen LogP contribution in [0.3, 0.4) is 0 Å². The quantitative estimate of drug-likeness (QED) is 0.00498. The van der Waals surface area contributed by atoms with Crippen LogP contribution in [0, 0.1) is 11.8 Å². The van der Waals surface area contributed by atoms with Crippen molar-refractivity contribution >= 4 is 122 Å². The van der Waals surface area contributed by atoms with Gasteiger partial charge < -0.3 is 63.5 Å². The van der Waals surface area contributed by atoms with Gasteiger partial charge >= 0.3 is 29.2 Å². The molecule has 4 aromatic carbocycles. The number of phosphoric acid groups is 3. The molecule has 7 atom stereocenters. The second-order valence-electron chi connectivity index (χ2n) is 22.9. The van der Waals surface area contributed by atoms with E-state index in [4.69, 9.17) is 42.7 Å². The lowest BCUT2D eigenvalue weighted by atomic mass is 9.88. The Morgan fingerprint density at radius 2 is 1.58 bits per heavy atom. The molecule has 9 N–H and O–H groups in total.